The molecule has 1 aliphatic carbocycles. The van der Waals surface area contributed by atoms with Crippen molar-refractivity contribution < 1.29 is 9.59 Å². The van der Waals surface area contributed by atoms with Gasteiger partial charge < -0.3 is 15.2 Å². The highest BCUT2D eigenvalue weighted by Crippen LogP contribution is 2.30. The van der Waals surface area contributed by atoms with Gasteiger partial charge in [-0.2, -0.15) is 0 Å². The van der Waals surface area contributed by atoms with Gasteiger partial charge in [-0.15, -0.1) is 0 Å². The standard InChI is InChI=1S/C22H23N3O2/c1-15-11-18-6-2-3-8-20(18)25(15)14-21(26)23-13-16-5-4-7-19(12-16)24-22(27)17-9-10-17/h2-8,11-12,17H,9-10,13-14H2,1H3,(H,23,26)(H,24,27). The molecule has 27 heavy (non-hydrogen) atoms. The van der Waals surface area contributed by atoms with Crippen LogP contribution in [0.1, 0.15) is 24.1 Å². The molecule has 0 bridgehead atoms. The van der Waals surface area contributed by atoms with E-state index >= 15 is 0 Å². The molecule has 5 nitrogen and oxygen atoms in total. The third-order valence-corrected chi connectivity index (χ3v) is 4.95. The van der Waals surface area contributed by atoms with Crippen LogP contribution >= 0.6 is 0 Å². The summed E-state index contributed by atoms with van der Waals surface area (Å²) in [5, 5.41) is 7.05. The number of nitrogens with zero attached hydrogens (tertiary/aromatic N) is 1. The molecule has 2 N–H and O–H groups in total. The summed E-state index contributed by atoms with van der Waals surface area (Å²) in [5.41, 5.74) is 3.88. The highest BCUT2D eigenvalue weighted by Gasteiger charge is 2.29. The molecule has 0 unspecified atom stereocenters. The molecule has 0 aliphatic heterocycles. The lowest BCUT2D eigenvalue weighted by molar-refractivity contribution is -0.121. The van der Waals surface area contributed by atoms with E-state index < -0.39 is 0 Å². The number of hydrogen-bond acceptors (Lipinski definition) is 2. The fraction of sp³-hybridized carbons (Fsp3) is 0.273. The number of aryl methyl sites for hydroxylation is 1. The quantitative estimate of drug-likeness (QED) is 0.704. The Hall–Kier alpha value is -3.08. The van der Waals surface area contributed by atoms with Crippen molar-refractivity contribution in [2.45, 2.75) is 32.9 Å². The average Bonchev–Trinajstić information content (AvgIpc) is 3.46. The highest BCUT2D eigenvalue weighted by atomic mass is 16.2. The van der Waals surface area contributed by atoms with Gasteiger partial charge in [0.05, 0.1) is 0 Å². The van der Waals surface area contributed by atoms with Crippen LogP contribution in [0.3, 0.4) is 0 Å². The van der Waals surface area contributed by atoms with Crippen molar-refractivity contribution in [2.75, 3.05) is 5.32 Å². The van der Waals surface area contributed by atoms with Crippen LogP contribution in [-0.4, -0.2) is 16.4 Å². The summed E-state index contributed by atoms with van der Waals surface area (Å²) in [5.74, 6) is 0.228. The molecule has 5 heteroatoms. The Kier molecular flexibility index (Phi) is 4.67. The van der Waals surface area contributed by atoms with E-state index in [0.29, 0.717) is 6.54 Å². The summed E-state index contributed by atoms with van der Waals surface area (Å²) in [6, 6.07) is 17.8. The number of nitrogens with one attached hydrogen (secondary N) is 2. The van der Waals surface area contributed by atoms with Gasteiger partial charge in [-0.25, -0.2) is 0 Å². The van der Waals surface area contributed by atoms with Gasteiger partial charge in [0.25, 0.3) is 0 Å². The predicted octanol–water partition coefficient (Wildman–Crippen LogP) is 3.61. The third kappa shape index (κ3) is 4.03. The van der Waals surface area contributed by atoms with Crippen molar-refractivity contribution >= 4 is 28.4 Å². The Balaban J connectivity index is 1.37. The molecule has 1 aromatic heterocycles. The van der Waals surface area contributed by atoms with Crippen LogP contribution < -0.4 is 10.6 Å². The van der Waals surface area contributed by atoms with E-state index in [4.69, 9.17) is 0 Å². The molecule has 2 amide bonds. The maximum Gasteiger partial charge on any atom is 0.240 e. The lowest BCUT2D eigenvalue weighted by Crippen LogP contribution is -2.27. The molecule has 1 heterocycles. The largest absolute Gasteiger partial charge is 0.350 e. The molecular weight excluding hydrogens is 338 g/mol. The zero-order chi connectivity index (χ0) is 18.8. The van der Waals surface area contributed by atoms with Crippen LogP contribution in [0.25, 0.3) is 10.9 Å². The van der Waals surface area contributed by atoms with Gasteiger partial charge in [0.1, 0.15) is 6.54 Å². The van der Waals surface area contributed by atoms with Crippen LogP contribution in [0.5, 0.6) is 0 Å². The molecule has 1 saturated carbocycles. The smallest absolute Gasteiger partial charge is 0.240 e. The monoisotopic (exact) mass is 361 g/mol. The summed E-state index contributed by atoms with van der Waals surface area (Å²) in [6.07, 6.45) is 1.96. The van der Waals surface area contributed by atoms with Crippen molar-refractivity contribution in [1.82, 2.24) is 9.88 Å². The zero-order valence-corrected chi connectivity index (χ0v) is 15.4. The summed E-state index contributed by atoms with van der Waals surface area (Å²) in [6.45, 7) is 2.74. The van der Waals surface area contributed by atoms with Gasteiger partial charge in [-0.1, -0.05) is 30.3 Å². The fourth-order valence-corrected chi connectivity index (χ4v) is 3.31. The minimum Gasteiger partial charge on any atom is -0.350 e. The van der Waals surface area contributed by atoms with Crippen LogP contribution in [-0.2, 0) is 22.7 Å². The van der Waals surface area contributed by atoms with Gasteiger partial charge in [0.15, 0.2) is 0 Å². The summed E-state index contributed by atoms with van der Waals surface area (Å²) >= 11 is 0. The third-order valence-electron chi connectivity index (χ3n) is 4.95. The second kappa shape index (κ2) is 7.27. The lowest BCUT2D eigenvalue weighted by atomic mass is 10.2. The van der Waals surface area contributed by atoms with E-state index in [9.17, 15) is 9.59 Å². The maximum absolute atomic E-state index is 12.4. The number of rotatable bonds is 6. The van der Waals surface area contributed by atoms with Gasteiger partial charge in [-0.05, 0) is 55.0 Å². The molecule has 0 saturated heterocycles. The number of anilines is 1. The number of carbonyl (C=O) groups is 2. The number of carbonyl (C=O) groups excluding carboxylic acids is 2. The van der Waals surface area contributed by atoms with Crippen molar-refractivity contribution in [1.29, 1.82) is 0 Å². The highest BCUT2D eigenvalue weighted by molar-refractivity contribution is 5.94. The number of aromatic nitrogens is 1. The van der Waals surface area contributed by atoms with E-state index in [1.54, 1.807) is 0 Å². The molecule has 0 atom stereocenters. The molecule has 3 aromatic rings. The van der Waals surface area contributed by atoms with Gasteiger partial charge >= 0.3 is 0 Å². The summed E-state index contributed by atoms with van der Waals surface area (Å²) in [7, 11) is 0. The molecule has 2 aromatic carbocycles. The minimum absolute atomic E-state index is 0.0353. The normalized spacial score (nSPS) is 13.5. The van der Waals surface area contributed by atoms with Gasteiger partial charge in [0, 0.05) is 29.4 Å². The molecule has 0 spiro atoms. The molecule has 4 rings (SSSR count). The van der Waals surface area contributed by atoms with E-state index in [1.807, 2.05) is 54.0 Å². The molecule has 138 valence electrons. The van der Waals surface area contributed by atoms with E-state index in [2.05, 4.69) is 22.8 Å². The first-order chi connectivity index (χ1) is 13.1. The number of hydrogen-bond donors (Lipinski definition) is 2. The summed E-state index contributed by atoms with van der Waals surface area (Å²) < 4.78 is 2.02. The first-order valence-electron chi connectivity index (χ1n) is 9.31. The fourth-order valence-electron chi connectivity index (χ4n) is 3.31. The van der Waals surface area contributed by atoms with Crippen molar-refractivity contribution in [3.63, 3.8) is 0 Å². The Morgan fingerprint density at radius 1 is 1.07 bits per heavy atom. The van der Waals surface area contributed by atoms with Crippen LogP contribution in [0, 0.1) is 12.8 Å². The van der Waals surface area contributed by atoms with E-state index in [1.165, 1.54) is 0 Å². The summed E-state index contributed by atoms with van der Waals surface area (Å²) in [4.78, 5) is 24.3. The molecular formula is C22H23N3O2. The number of fused-ring (bicyclic) bond motifs is 1. The van der Waals surface area contributed by atoms with Crippen LogP contribution in [0.2, 0.25) is 0 Å². The predicted molar refractivity (Wildman–Crippen MR) is 106 cm³/mol. The number of amides is 2. The number of para-hydroxylation sites is 1. The number of benzene rings is 2. The second-order valence-corrected chi connectivity index (χ2v) is 7.17. The van der Waals surface area contributed by atoms with Gasteiger partial charge in [0.2, 0.25) is 11.8 Å². The molecule has 0 radical (unpaired) electrons. The Bertz CT molecular complexity index is 1000. The van der Waals surface area contributed by atoms with Crippen molar-refractivity contribution in [2.24, 2.45) is 5.92 Å². The van der Waals surface area contributed by atoms with E-state index in [-0.39, 0.29) is 24.3 Å². The minimum atomic E-state index is -0.0353. The molecule has 1 aliphatic rings. The zero-order valence-electron chi connectivity index (χ0n) is 15.4. The van der Waals surface area contributed by atoms with Crippen LogP contribution in [0.15, 0.2) is 54.6 Å². The average molecular weight is 361 g/mol. The maximum atomic E-state index is 12.4. The second-order valence-electron chi connectivity index (χ2n) is 7.17. The Morgan fingerprint density at radius 3 is 2.70 bits per heavy atom. The SMILES string of the molecule is Cc1cc2ccccc2n1CC(=O)NCc1cccc(NC(=O)C2CC2)c1. The van der Waals surface area contributed by atoms with Crippen molar-refractivity contribution in [3.8, 4) is 0 Å². The first-order valence-corrected chi connectivity index (χ1v) is 9.31. The van der Waals surface area contributed by atoms with Crippen molar-refractivity contribution in [3.05, 3.63) is 65.9 Å². The first kappa shape index (κ1) is 17.3. The lowest BCUT2D eigenvalue weighted by Gasteiger charge is -2.11. The Labute approximate surface area is 158 Å². The van der Waals surface area contributed by atoms with Gasteiger partial charge in [-0.3, -0.25) is 9.59 Å². The Morgan fingerprint density at radius 2 is 1.89 bits per heavy atom. The topological polar surface area (TPSA) is 63.1 Å². The van der Waals surface area contributed by atoms with E-state index in [0.717, 1.165) is 40.7 Å². The molecule has 1 fully saturated rings. The van der Waals surface area contributed by atoms with Crippen LogP contribution in [0.4, 0.5) is 5.69 Å².